The number of amides is 1. The lowest BCUT2D eigenvalue weighted by Gasteiger charge is -2.08. The largest absolute Gasteiger partial charge is 0.366 e. The average molecular weight is 274 g/mol. The predicted octanol–water partition coefficient (Wildman–Crippen LogP) is 3.51. The number of rotatable bonds is 3. The van der Waals surface area contributed by atoms with Gasteiger partial charge in [0.05, 0.1) is 0 Å². The fourth-order valence-electron chi connectivity index (χ4n) is 2.34. The predicted molar refractivity (Wildman–Crippen MR) is 83.6 cm³/mol. The Hall–Kier alpha value is -2.94. The zero-order valence-electron chi connectivity index (χ0n) is 11.4. The second kappa shape index (κ2) is 5.59. The van der Waals surface area contributed by atoms with E-state index in [2.05, 4.69) is 4.98 Å². The molecule has 0 unspecified atom stereocenters. The molecule has 102 valence electrons. The Labute approximate surface area is 123 Å². The van der Waals surface area contributed by atoms with Crippen LogP contribution in [0.15, 0.2) is 73.1 Å². The van der Waals surface area contributed by atoms with Gasteiger partial charge in [0.25, 0.3) is 0 Å². The van der Waals surface area contributed by atoms with Crippen LogP contribution in [0.25, 0.3) is 22.3 Å². The number of aromatic nitrogens is 1. The van der Waals surface area contributed by atoms with Crippen molar-refractivity contribution in [1.82, 2.24) is 4.98 Å². The Kier molecular flexibility index (Phi) is 3.48. The summed E-state index contributed by atoms with van der Waals surface area (Å²) in [6.45, 7) is 0. The minimum absolute atomic E-state index is 0.413. The van der Waals surface area contributed by atoms with Crippen molar-refractivity contribution in [2.45, 2.75) is 0 Å². The molecule has 0 saturated carbocycles. The first-order chi connectivity index (χ1) is 10.3. The van der Waals surface area contributed by atoms with Crippen LogP contribution in [0.5, 0.6) is 0 Å². The third-order valence-corrected chi connectivity index (χ3v) is 3.40. The van der Waals surface area contributed by atoms with E-state index < -0.39 is 5.91 Å². The molecule has 0 bridgehead atoms. The van der Waals surface area contributed by atoms with Gasteiger partial charge in [0.15, 0.2) is 0 Å². The van der Waals surface area contributed by atoms with Crippen molar-refractivity contribution in [2.75, 3.05) is 0 Å². The van der Waals surface area contributed by atoms with E-state index in [0.29, 0.717) is 5.56 Å². The number of nitrogens with zero attached hydrogens (tertiary/aromatic N) is 1. The maximum absolute atomic E-state index is 11.5. The van der Waals surface area contributed by atoms with Crippen LogP contribution in [-0.4, -0.2) is 10.9 Å². The molecule has 1 amide bonds. The standard InChI is InChI=1S/C18H14N2O/c19-18(21)17-4-2-1-3-16(17)15-7-5-13(6-8-15)14-9-11-20-12-10-14/h1-12H,(H2,19,21). The number of carbonyl (C=O) groups excluding carboxylic acids is 1. The molecule has 0 fully saturated rings. The second-order valence-corrected chi connectivity index (χ2v) is 4.72. The van der Waals surface area contributed by atoms with Crippen LogP contribution in [0.2, 0.25) is 0 Å². The Bertz CT molecular complexity index is 765. The highest BCUT2D eigenvalue weighted by Gasteiger charge is 2.09. The number of pyridine rings is 1. The van der Waals surface area contributed by atoms with E-state index in [1.165, 1.54) is 0 Å². The summed E-state index contributed by atoms with van der Waals surface area (Å²) < 4.78 is 0. The first kappa shape index (κ1) is 13.1. The first-order valence-corrected chi connectivity index (χ1v) is 6.65. The van der Waals surface area contributed by atoms with Crippen LogP contribution < -0.4 is 5.73 Å². The van der Waals surface area contributed by atoms with Crippen molar-refractivity contribution >= 4 is 5.91 Å². The summed E-state index contributed by atoms with van der Waals surface area (Å²) in [5, 5.41) is 0. The highest BCUT2D eigenvalue weighted by Crippen LogP contribution is 2.26. The molecular weight excluding hydrogens is 260 g/mol. The highest BCUT2D eigenvalue weighted by atomic mass is 16.1. The molecule has 3 nitrogen and oxygen atoms in total. The van der Waals surface area contributed by atoms with Gasteiger partial charge in [0.1, 0.15) is 0 Å². The zero-order chi connectivity index (χ0) is 14.7. The number of nitrogens with two attached hydrogens (primary N) is 1. The van der Waals surface area contributed by atoms with Gasteiger partial charge in [-0.2, -0.15) is 0 Å². The van der Waals surface area contributed by atoms with Crippen LogP contribution >= 0.6 is 0 Å². The second-order valence-electron chi connectivity index (χ2n) is 4.72. The molecule has 2 N–H and O–H groups in total. The summed E-state index contributed by atoms with van der Waals surface area (Å²) in [4.78, 5) is 15.5. The quantitative estimate of drug-likeness (QED) is 0.794. The molecule has 0 aliphatic rings. The molecule has 0 spiro atoms. The number of hydrogen-bond acceptors (Lipinski definition) is 2. The summed E-state index contributed by atoms with van der Waals surface area (Å²) in [7, 11) is 0. The van der Waals surface area contributed by atoms with Crippen molar-refractivity contribution in [3.05, 3.63) is 78.6 Å². The van der Waals surface area contributed by atoms with Crippen molar-refractivity contribution in [1.29, 1.82) is 0 Å². The van der Waals surface area contributed by atoms with Crippen LogP contribution in [0.4, 0.5) is 0 Å². The van der Waals surface area contributed by atoms with Crippen LogP contribution in [0, 0.1) is 0 Å². The van der Waals surface area contributed by atoms with Gasteiger partial charge in [-0.1, -0.05) is 42.5 Å². The molecule has 21 heavy (non-hydrogen) atoms. The molecule has 1 aromatic heterocycles. The molecule has 2 aromatic carbocycles. The third-order valence-electron chi connectivity index (χ3n) is 3.40. The van der Waals surface area contributed by atoms with Crippen molar-refractivity contribution < 1.29 is 4.79 Å². The van der Waals surface area contributed by atoms with Gasteiger partial charge in [0, 0.05) is 18.0 Å². The average Bonchev–Trinajstić information content (AvgIpc) is 2.56. The Balaban J connectivity index is 2.01. The number of hydrogen-bond donors (Lipinski definition) is 1. The maximum atomic E-state index is 11.5. The van der Waals surface area contributed by atoms with Crippen LogP contribution in [0.3, 0.4) is 0 Å². The summed E-state index contributed by atoms with van der Waals surface area (Å²) >= 11 is 0. The van der Waals surface area contributed by atoms with Gasteiger partial charge < -0.3 is 5.73 Å². The van der Waals surface area contributed by atoms with Crippen molar-refractivity contribution in [3.8, 4) is 22.3 Å². The van der Waals surface area contributed by atoms with E-state index in [-0.39, 0.29) is 0 Å². The fourth-order valence-corrected chi connectivity index (χ4v) is 2.34. The molecular formula is C18H14N2O. The first-order valence-electron chi connectivity index (χ1n) is 6.65. The topological polar surface area (TPSA) is 56.0 Å². The van der Waals surface area contributed by atoms with Crippen molar-refractivity contribution in [3.63, 3.8) is 0 Å². The minimum Gasteiger partial charge on any atom is -0.366 e. The molecule has 0 aliphatic heterocycles. The molecule has 0 radical (unpaired) electrons. The lowest BCUT2D eigenvalue weighted by atomic mass is 9.97. The molecule has 3 aromatic rings. The van der Waals surface area contributed by atoms with Gasteiger partial charge >= 0.3 is 0 Å². The van der Waals surface area contributed by atoms with E-state index in [1.54, 1.807) is 18.5 Å². The van der Waals surface area contributed by atoms with E-state index in [4.69, 9.17) is 5.73 Å². The smallest absolute Gasteiger partial charge is 0.249 e. The lowest BCUT2D eigenvalue weighted by molar-refractivity contribution is 0.100. The monoisotopic (exact) mass is 274 g/mol. The van der Waals surface area contributed by atoms with Crippen LogP contribution in [0.1, 0.15) is 10.4 Å². The Morgan fingerprint density at radius 3 is 2.00 bits per heavy atom. The number of carbonyl (C=O) groups is 1. The van der Waals surface area contributed by atoms with Gasteiger partial charge in [-0.15, -0.1) is 0 Å². The molecule has 0 atom stereocenters. The molecule has 3 heteroatoms. The van der Waals surface area contributed by atoms with E-state index in [0.717, 1.165) is 22.3 Å². The van der Waals surface area contributed by atoms with Crippen molar-refractivity contribution in [2.24, 2.45) is 5.73 Å². The molecule has 1 heterocycles. The lowest BCUT2D eigenvalue weighted by Crippen LogP contribution is -2.12. The Morgan fingerprint density at radius 2 is 1.33 bits per heavy atom. The fraction of sp³-hybridized carbons (Fsp3) is 0. The molecule has 0 saturated heterocycles. The number of benzene rings is 2. The maximum Gasteiger partial charge on any atom is 0.249 e. The molecule has 0 aliphatic carbocycles. The van der Waals surface area contributed by atoms with E-state index >= 15 is 0 Å². The third kappa shape index (κ3) is 2.67. The minimum atomic E-state index is -0.413. The summed E-state index contributed by atoms with van der Waals surface area (Å²) in [5.41, 5.74) is 10.0. The Morgan fingerprint density at radius 1 is 0.762 bits per heavy atom. The van der Waals surface area contributed by atoms with E-state index in [9.17, 15) is 4.79 Å². The summed E-state index contributed by atoms with van der Waals surface area (Å²) in [6.07, 6.45) is 3.54. The number of primary amides is 1. The highest BCUT2D eigenvalue weighted by molar-refractivity contribution is 5.99. The summed E-state index contributed by atoms with van der Waals surface area (Å²) in [6, 6.07) is 19.3. The van der Waals surface area contributed by atoms with Crippen LogP contribution in [-0.2, 0) is 0 Å². The van der Waals surface area contributed by atoms with Gasteiger partial charge in [-0.05, 0) is 40.5 Å². The SMILES string of the molecule is NC(=O)c1ccccc1-c1ccc(-c2ccncc2)cc1. The normalized spacial score (nSPS) is 10.3. The van der Waals surface area contributed by atoms with Gasteiger partial charge in [-0.3, -0.25) is 9.78 Å². The van der Waals surface area contributed by atoms with Gasteiger partial charge in [0.2, 0.25) is 5.91 Å². The summed E-state index contributed by atoms with van der Waals surface area (Å²) in [5.74, 6) is -0.413. The van der Waals surface area contributed by atoms with E-state index in [1.807, 2.05) is 54.6 Å². The van der Waals surface area contributed by atoms with Gasteiger partial charge in [-0.25, -0.2) is 0 Å². The molecule has 3 rings (SSSR count). The zero-order valence-corrected chi connectivity index (χ0v) is 11.4.